The maximum Gasteiger partial charge on any atom is 0.335 e. The Kier molecular flexibility index (Phi) is 4.11. The molecule has 1 amide bonds. The lowest BCUT2D eigenvalue weighted by molar-refractivity contribution is -0.162. The normalized spacial score (nSPS) is 16.8. The Morgan fingerprint density at radius 2 is 1.71 bits per heavy atom. The molecule has 1 aliphatic heterocycles. The fourth-order valence-electron chi connectivity index (χ4n) is 2.67. The van der Waals surface area contributed by atoms with Crippen molar-refractivity contribution in [1.29, 1.82) is 0 Å². The topological polar surface area (TPSA) is 91.0 Å². The number of hydrogen-bond donors (Lipinski definition) is 2. The molecule has 24 heavy (non-hydrogen) atoms. The molecule has 0 saturated carbocycles. The van der Waals surface area contributed by atoms with Crippen molar-refractivity contribution in [3.05, 3.63) is 48.0 Å². The van der Waals surface area contributed by atoms with Gasteiger partial charge in [-0.1, -0.05) is 0 Å². The van der Waals surface area contributed by atoms with Crippen molar-refractivity contribution < 1.29 is 28.6 Å². The number of carboxylic acid groups (broad SMARTS) is 1. The number of aliphatic carboxylic acids is 1. The molecular weight excluding hydrogens is 317 g/mol. The zero-order valence-electron chi connectivity index (χ0n) is 12.7. The van der Waals surface area contributed by atoms with Crippen molar-refractivity contribution in [3.63, 3.8) is 0 Å². The fraction of sp³-hybridized carbons (Fsp3) is 0.294. The van der Waals surface area contributed by atoms with Crippen LogP contribution in [0.5, 0.6) is 0 Å². The van der Waals surface area contributed by atoms with Gasteiger partial charge in [-0.3, -0.25) is 4.79 Å². The van der Waals surface area contributed by atoms with E-state index in [1.807, 2.05) is 0 Å². The van der Waals surface area contributed by atoms with Crippen LogP contribution in [0.1, 0.15) is 23.4 Å². The summed E-state index contributed by atoms with van der Waals surface area (Å²) >= 11 is 0. The summed E-state index contributed by atoms with van der Waals surface area (Å²) in [6.45, 7) is 0.266. The summed E-state index contributed by atoms with van der Waals surface area (Å²) in [4.78, 5) is 24.9. The number of rotatable bonds is 3. The Labute approximate surface area is 137 Å². The summed E-state index contributed by atoms with van der Waals surface area (Å²) in [5.41, 5.74) is -1.13. The van der Waals surface area contributed by atoms with E-state index in [9.17, 15) is 19.1 Å². The summed E-state index contributed by atoms with van der Waals surface area (Å²) < 4.78 is 18.5. The van der Waals surface area contributed by atoms with Crippen molar-refractivity contribution >= 4 is 11.9 Å². The first-order chi connectivity index (χ1) is 11.4. The quantitative estimate of drug-likeness (QED) is 0.898. The van der Waals surface area contributed by atoms with E-state index in [4.69, 9.17) is 9.52 Å². The second-order valence-electron chi connectivity index (χ2n) is 5.80. The molecule has 7 heteroatoms. The molecule has 1 fully saturated rings. The van der Waals surface area contributed by atoms with Crippen LogP contribution >= 0.6 is 0 Å². The highest BCUT2D eigenvalue weighted by atomic mass is 19.1. The minimum absolute atomic E-state index is 0.0282. The SMILES string of the molecule is O=C(c1ccc(-c2ccc(F)cc2)o1)N1CCC(O)(C(=O)O)CC1. The van der Waals surface area contributed by atoms with Crippen LogP contribution in [-0.4, -0.2) is 45.7 Å². The smallest absolute Gasteiger partial charge is 0.335 e. The third-order valence-electron chi connectivity index (χ3n) is 4.22. The molecule has 1 aromatic heterocycles. The number of carbonyl (C=O) groups excluding carboxylic acids is 1. The molecule has 0 spiro atoms. The Balaban J connectivity index is 1.71. The molecule has 1 aliphatic rings. The number of hydrogen-bond acceptors (Lipinski definition) is 4. The molecule has 2 heterocycles. The molecule has 0 aliphatic carbocycles. The van der Waals surface area contributed by atoms with Gasteiger partial charge in [0.2, 0.25) is 0 Å². The second-order valence-corrected chi connectivity index (χ2v) is 5.80. The molecular formula is C17H16FNO5. The lowest BCUT2D eigenvalue weighted by Gasteiger charge is -2.34. The minimum atomic E-state index is -1.78. The third kappa shape index (κ3) is 3.03. The van der Waals surface area contributed by atoms with Gasteiger partial charge in [0.25, 0.3) is 5.91 Å². The molecule has 1 aromatic carbocycles. The van der Waals surface area contributed by atoms with Gasteiger partial charge >= 0.3 is 5.97 Å². The maximum atomic E-state index is 12.9. The van der Waals surface area contributed by atoms with Gasteiger partial charge in [0, 0.05) is 31.5 Å². The number of carbonyl (C=O) groups is 2. The first kappa shape index (κ1) is 16.2. The highest BCUT2D eigenvalue weighted by molar-refractivity contribution is 5.92. The summed E-state index contributed by atoms with van der Waals surface area (Å²) in [7, 11) is 0. The van der Waals surface area contributed by atoms with Gasteiger partial charge < -0.3 is 19.5 Å². The zero-order chi connectivity index (χ0) is 17.3. The van der Waals surface area contributed by atoms with Crippen molar-refractivity contribution in [2.24, 2.45) is 0 Å². The van der Waals surface area contributed by atoms with Crippen LogP contribution in [-0.2, 0) is 4.79 Å². The standard InChI is InChI=1S/C17H16FNO5/c18-12-3-1-11(2-4-12)13-5-6-14(24-13)15(20)19-9-7-17(23,8-10-19)16(21)22/h1-6,23H,7-10H2,(H,21,22). The molecule has 2 aromatic rings. The van der Waals surface area contributed by atoms with Crippen molar-refractivity contribution in [1.82, 2.24) is 4.90 Å². The van der Waals surface area contributed by atoms with Crippen LogP contribution in [0, 0.1) is 5.82 Å². The van der Waals surface area contributed by atoms with Crippen LogP contribution in [0.15, 0.2) is 40.8 Å². The minimum Gasteiger partial charge on any atom is -0.479 e. The van der Waals surface area contributed by atoms with Gasteiger partial charge in [0.15, 0.2) is 11.4 Å². The van der Waals surface area contributed by atoms with Crippen molar-refractivity contribution in [2.45, 2.75) is 18.4 Å². The maximum absolute atomic E-state index is 12.9. The number of carboxylic acids is 1. The van der Waals surface area contributed by atoms with E-state index in [0.717, 1.165) is 0 Å². The van der Waals surface area contributed by atoms with Gasteiger partial charge in [-0.25, -0.2) is 9.18 Å². The highest BCUT2D eigenvalue weighted by Crippen LogP contribution is 2.26. The van der Waals surface area contributed by atoms with Crippen LogP contribution in [0.3, 0.4) is 0 Å². The number of halogens is 1. The van der Waals surface area contributed by atoms with Gasteiger partial charge in [-0.15, -0.1) is 0 Å². The van der Waals surface area contributed by atoms with E-state index in [1.54, 1.807) is 18.2 Å². The van der Waals surface area contributed by atoms with Gasteiger partial charge in [0.1, 0.15) is 11.6 Å². The number of furan rings is 1. The lowest BCUT2D eigenvalue weighted by Crippen LogP contribution is -2.50. The van der Waals surface area contributed by atoms with E-state index in [0.29, 0.717) is 11.3 Å². The van der Waals surface area contributed by atoms with Crippen LogP contribution in [0.2, 0.25) is 0 Å². The third-order valence-corrected chi connectivity index (χ3v) is 4.22. The largest absolute Gasteiger partial charge is 0.479 e. The van der Waals surface area contributed by atoms with Crippen molar-refractivity contribution in [2.75, 3.05) is 13.1 Å². The van der Waals surface area contributed by atoms with Gasteiger partial charge in [-0.05, 0) is 36.4 Å². The predicted octanol–water partition coefficient (Wildman–Crippen LogP) is 2.14. The molecule has 1 saturated heterocycles. The Morgan fingerprint density at radius 1 is 1.08 bits per heavy atom. The number of amides is 1. The number of likely N-dealkylation sites (tertiary alicyclic amines) is 1. The molecule has 0 atom stereocenters. The van der Waals surface area contributed by atoms with E-state index < -0.39 is 11.6 Å². The van der Waals surface area contributed by atoms with Gasteiger partial charge in [0.05, 0.1) is 0 Å². The van der Waals surface area contributed by atoms with E-state index in [2.05, 4.69) is 0 Å². The van der Waals surface area contributed by atoms with Crippen molar-refractivity contribution in [3.8, 4) is 11.3 Å². The van der Waals surface area contributed by atoms with E-state index in [-0.39, 0.29) is 43.4 Å². The zero-order valence-corrected chi connectivity index (χ0v) is 12.7. The van der Waals surface area contributed by atoms with Crippen LogP contribution in [0.4, 0.5) is 4.39 Å². The Hall–Kier alpha value is -2.67. The predicted molar refractivity (Wildman–Crippen MR) is 81.8 cm³/mol. The molecule has 126 valence electrons. The lowest BCUT2D eigenvalue weighted by atomic mass is 9.91. The molecule has 3 rings (SSSR count). The Morgan fingerprint density at radius 3 is 2.29 bits per heavy atom. The molecule has 2 N–H and O–H groups in total. The highest BCUT2D eigenvalue weighted by Gasteiger charge is 2.40. The number of nitrogens with zero attached hydrogens (tertiary/aromatic N) is 1. The summed E-state index contributed by atoms with van der Waals surface area (Å²) in [5.74, 6) is -1.43. The molecule has 0 radical (unpaired) electrons. The summed E-state index contributed by atoms with van der Waals surface area (Å²) in [6, 6.07) is 8.86. The summed E-state index contributed by atoms with van der Waals surface area (Å²) in [5, 5.41) is 18.9. The van der Waals surface area contributed by atoms with Crippen LogP contribution < -0.4 is 0 Å². The summed E-state index contributed by atoms with van der Waals surface area (Å²) in [6.07, 6.45) is -0.0563. The fourth-order valence-corrected chi connectivity index (χ4v) is 2.67. The van der Waals surface area contributed by atoms with Gasteiger partial charge in [-0.2, -0.15) is 0 Å². The first-order valence-electron chi connectivity index (χ1n) is 7.50. The van der Waals surface area contributed by atoms with E-state index >= 15 is 0 Å². The molecule has 0 unspecified atom stereocenters. The monoisotopic (exact) mass is 333 g/mol. The Bertz CT molecular complexity index is 760. The number of aliphatic hydroxyl groups is 1. The number of piperidine rings is 1. The average Bonchev–Trinajstić information content (AvgIpc) is 3.05. The average molecular weight is 333 g/mol. The molecule has 0 bridgehead atoms. The van der Waals surface area contributed by atoms with E-state index in [1.165, 1.54) is 23.1 Å². The molecule has 6 nitrogen and oxygen atoms in total. The number of benzene rings is 1. The second kappa shape index (κ2) is 6.09. The first-order valence-corrected chi connectivity index (χ1v) is 7.50. The van der Waals surface area contributed by atoms with Crippen LogP contribution in [0.25, 0.3) is 11.3 Å².